The lowest BCUT2D eigenvalue weighted by Gasteiger charge is -1.93. The summed E-state index contributed by atoms with van der Waals surface area (Å²) in [5.41, 5.74) is 7.27. The van der Waals surface area contributed by atoms with E-state index in [-0.39, 0.29) is 5.91 Å². The minimum atomic E-state index is -0.237. The van der Waals surface area contributed by atoms with Gasteiger partial charge in [-0.3, -0.25) is 4.79 Å². The molecule has 1 aromatic rings. The number of carbonyl (C=O) groups is 1. The highest BCUT2D eigenvalue weighted by Gasteiger charge is 2.09. The van der Waals surface area contributed by atoms with Gasteiger partial charge in [-0.1, -0.05) is 0 Å². The Kier molecular flexibility index (Phi) is 1.86. The van der Waals surface area contributed by atoms with Crippen molar-refractivity contribution in [2.24, 2.45) is 0 Å². The minimum absolute atomic E-state index is 0.237. The zero-order valence-corrected chi connectivity index (χ0v) is 6.23. The molecule has 0 aliphatic carbocycles. The number of rotatable bonds is 1. The Morgan fingerprint density at radius 3 is 3.00 bits per heavy atom. The molecule has 3 N–H and O–H groups in total. The number of aromatic nitrogens is 1. The topological polar surface area (TPSA) is 68.0 Å². The van der Waals surface area contributed by atoms with Crippen LogP contribution < -0.4 is 11.1 Å². The average Bonchev–Trinajstić information content (AvgIpc) is 2.34. The highest BCUT2D eigenvalue weighted by atomic mass is 32.1. The summed E-state index contributed by atoms with van der Waals surface area (Å²) in [7, 11) is 1.54. The number of nitrogens with zero attached hydrogens (tertiary/aromatic N) is 1. The molecular weight excluding hydrogens is 150 g/mol. The van der Waals surface area contributed by atoms with Crippen LogP contribution in [0, 0.1) is 0 Å². The molecule has 0 bridgehead atoms. The Morgan fingerprint density at radius 1 is 1.90 bits per heavy atom. The van der Waals surface area contributed by atoms with Crippen molar-refractivity contribution in [2.45, 2.75) is 0 Å². The lowest BCUT2D eigenvalue weighted by Crippen LogP contribution is -2.19. The number of anilines is 1. The van der Waals surface area contributed by atoms with Crippen molar-refractivity contribution in [1.82, 2.24) is 10.3 Å². The van der Waals surface area contributed by atoms with Crippen LogP contribution in [0.4, 0.5) is 5.00 Å². The lowest BCUT2D eigenvalue weighted by molar-refractivity contribution is 0.0960. The van der Waals surface area contributed by atoms with Gasteiger partial charge in [0, 0.05) is 7.05 Å². The first kappa shape index (κ1) is 7.01. The molecular formula is C5H7N3OS. The fourth-order valence-electron chi connectivity index (χ4n) is 0.544. The molecule has 1 aromatic heterocycles. The number of nitrogens with two attached hydrogens (primary N) is 1. The summed E-state index contributed by atoms with van der Waals surface area (Å²) in [5.74, 6) is -0.237. The third-order valence-electron chi connectivity index (χ3n) is 1.04. The Labute approximate surface area is 62.1 Å². The van der Waals surface area contributed by atoms with Gasteiger partial charge in [0.1, 0.15) is 5.00 Å². The van der Waals surface area contributed by atoms with Gasteiger partial charge in [0.2, 0.25) is 0 Å². The van der Waals surface area contributed by atoms with Gasteiger partial charge in [-0.2, -0.15) is 0 Å². The molecule has 0 atom stereocenters. The second-order valence-electron chi connectivity index (χ2n) is 1.64. The van der Waals surface area contributed by atoms with Crippen LogP contribution in [-0.2, 0) is 0 Å². The molecule has 0 saturated heterocycles. The predicted octanol–water partition coefficient (Wildman–Crippen LogP) is 0.0849. The summed E-state index contributed by atoms with van der Waals surface area (Å²) in [6.07, 6.45) is 0. The zero-order valence-electron chi connectivity index (χ0n) is 5.42. The first-order chi connectivity index (χ1) is 4.75. The van der Waals surface area contributed by atoms with Gasteiger partial charge in [-0.25, -0.2) is 4.98 Å². The van der Waals surface area contributed by atoms with Crippen LogP contribution in [0.2, 0.25) is 0 Å². The lowest BCUT2D eigenvalue weighted by atomic mass is 10.4. The van der Waals surface area contributed by atoms with E-state index in [0.717, 1.165) is 0 Å². The summed E-state index contributed by atoms with van der Waals surface area (Å²) in [4.78, 5) is 14.6. The highest BCUT2D eigenvalue weighted by molar-refractivity contribution is 7.14. The van der Waals surface area contributed by atoms with Crippen molar-refractivity contribution < 1.29 is 4.79 Å². The normalized spacial score (nSPS) is 9.30. The van der Waals surface area contributed by atoms with Crippen LogP contribution in [0.25, 0.3) is 0 Å². The molecule has 1 heterocycles. The van der Waals surface area contributed by atoms with Gasteiger partial charge < -0.3 is 11.1 Å². The standard InChI is InChI=1S/C5H7N3OS/c1-7-5(9)3-4(6)10-2-8-3/h2H,6H2,1H3,(H,7,9). The van der Waals surface area contributed by atoms with Gasteiger partial charge in [-0.15, -0.1) is 11.3 Å². The van der Waals surface area contributed by atoms with Crippen LogP contribution in [0.1, 0.15) is 10.5 Å². The maximum absolute atomic E-state index is 10.8. The maximum Gasteiger partial charge on any atom is 0.272 e. The number of nitrogens with one attached hydrogen (secondary N) is 1. The third kappa shape index (κ3) is 1.08. The summed E-state index contributed by atoms with van der Waals surface area (Å²) in [5, 5.41) is 2.89. The molecule has 5 heteroatoms. The first-order valence-electron chi connectivity index (χ1n) is 2.66. The molecule has 4 nitrogen and oxygen atoms in total. The first-order valence-corrected chi connectivity index (χ1v) is 3.54. The molecule has 1 rings (SSSR count). The van der Waals surface area contributed by atoms with E-state index in [2.05, 4.69) is 10.3 Å². The molecule has 0 spiro atoms. The number of nitrogen functional groups attached to an aromatic ring is 1. The fraction of sp³-hybridized carbons (Fsp3) is 0.200. The van der Waals surface area contributed by atoms with Gasteiger partial charge in [0.05, 0.1) is 5.51 Å². The molecule has 0 radical (unpaired) electrons. The van der Waals surface area contributed by atoms with E-state index in [9.17, 15) is 4.79 Å². The number of carbonyl (C=O) groups excluding carboxylic acids is 1. The number of hydrogen-bond donors (Lipinski definition) is 2. The fourth-order valence-corrected chi connectivity index (χ4v) is 1.07. The van der Waals surface area contributed by atoms with Crippen molar-refractivity contribution >= 4 is 22.2 Å². The second-order valence-corrected chi connectivity index (χ2v) is 2.53. The average molecular weight is 157 g/mol. The van der Waals surface area contributed by atoms with Crippen LogP contribution in [0.15, 0.2) is 5.51 Å². The molecule has 0 saturated carbocycles. The zero-order chi connectivity index (χ0) is 7.56. The van der Waals surface area contributed by atoms with Crippen molar-refractivity contribution in [3.8, 4) is 0 Å². The molecule has 0 aliphatic rings. The smallest absolute Gasteiger partial charge is 0.272 e. The van der Waals surface area contributed by atoms with Crippen LogP contribution in [0.5, 0.6) is 0 Å². The van der Waals surface area contributed by atoms with Gasteiger partial charge in [0.15, 0.2) is 5.69 Å². The molecule has 0 fully saturated rings. The summed E-state index contributed by atoms with van der Waals surface area (Å²) < 4.78 is 0. The largest absolute Gasteiger partial charge is 0.389 e. The molecule has 1 amide bonds. The minimum Gasteiger partial charge on any atom is -0.389 e. The Hall–Kier alpha value is -1.10. The predicted molar refractivity (Wildman–Crippen MR) is 39.9 cm³/mol. The third-order valence-corrected chi connectivity index (χ3v) is 1.70. The van der Waals surface area contributed by atoms with Gasteiger partial charge in [0.25, 0.3) is 5.91 Å². The Balaban J connectivity index is 2.93. The van der Waals surface area contributed by atoms with E-state index in [4.69, 9.17) is 5.73 Å². The number of amides is 1. The molecule has 0 aromatic carbocycles. The Morgan fingerprint density at radius 2 is 2.60 bits per heavy atom. The SMILES string of the molecule is CNC(=O)c1ncsc1N. The van der Waals surface area contributed by atoms with Crippen LogP contribution in [0.3, 0.4) is 0 Å². The van der Waals surface area contributed by atoms with Crippen LogP contribution in [-0.4, -0.2) is 17.9 Å². The quantitative estimate of drug-likeness (QED) is 0.606. The molecule has 10 heavy (non-hydrogen) atoms. The molecule has 0 aliphatic heterocycles. The van der Waals surface area contributed by atoms with E-state index < -0.39 is 0 Å². The molecule has 0 unspecified atom stereocenters. The summed E-state index contributed by atoms with van der Waals surface area (Å²) in [6, 6.07) is 0. The van der Waals surface area contributed by atoms with Crippen molar-refractivity contribution in [1.29, 1.82) is 0 Å². The van der Waals surface area contributed by atoms with Gasteiger partial charge in [-0.05, 0) is 0 Å². The number of hydrogen-bond acceptors (Lipinski definition) is 4. The van der Waals surface area contributed by atoms with Gasteiger partial charge >= 0.3 is 0 Å². The number of thiazole rings is 1. The second kappa shape index (κ2) is 2.66. The van der Waals surface area contributed by atoms with Crippen molar-refractivity contribution in [2.75, 3.05) is 12.8 Å². The van der Waals surface area contributed by atoms with E-state index in [0.29, 0.717) is 10.7 Å². The maximum atomic E-state index is 10.8. The summed E-state index contributed by atoms with van der Waals surface area (Å²) in [6.45, 7) is 0. The van der Waals surface area contributed by atoms with Crippen LogP contribution >= 0.6 is 11.3 Å². The van der Waals surface area contributed by atoms with Crippen molar-refractivity contribution in [3.05, 3.63) is 11.2 Å². The van der Waals surface area contributed by atoms with E-state index in [1.807, 2.05) is 0 Å². The Bertz CT molecular complexity index is 245. The van der Waals surface area contributed by atoms with E-state index in [1.54, 1.807) is 12.6 Å². The summed E-state index contributed by atoms with van der Waals surface area (Å²) >= 11 is 1.25. The van der Waals surface area contributed by atoms with E-state index in [1.165, 1.54) is 11.3 Å². The van der Waals surface area contributed by atoms with E-state index >= 15 is 0 Å². The van der Waals surface area contributed by atoms with Crippen molar-refractivity contribution in [3.63, 3.8) is 0 Å². The molecule has 54 valence electrons. The highest BCUT2D eigenvalue weighted by Crippen LogP contribution is 2.14. The monoisotopic (exact) mass is 157 g/mol.